The molecule has 9 aliphatic rings. The van der Waals surface area contributed by atoms with E-state index in [1.54, 1.807) is 0 Å². The van der Waals surface area contributed by atoms with Crippen molar-refractivity contribution in [3.05, 3.63) is 12.2 Å². The van der Waals surface area contributed by atoms with Gasteiger partial charge in [-0.1, -0.05) is 152 Å². The molecule has 0 radical (unpaired) electrons. The van der Waals surface area contributed by atoms with E-state index in [4.69, 9.17) is 71.1 Å². The maximum Gasteiger partial charge on any atom is 0.311 e. The molecule has 4 bridgehead atoms. The van der Waals surface area contributed by atoms with Crippen molar-refractivity contribution in [2.45, 2.75) is 394 Å². The van der Waals surface area contributed by atoms with Gasteiger partial charge < -0.3 is 76.2 Å². The predicted octanol–water partition coefficient (Wildman–Crippen LogP) is 16.2. The highest BCUT2D eigenvalue weighted by atomic mass is 16.7. The van der Waals surface area contributed by atoms with Crippen LogP contribution in [0.4, 0.5) is 0 Å². The number of ether oxygens (including phenoxy) is 15. The molecule has 9 heterocycles. The molecule has 9 rings (SSSR count). The van der Waals surface area contributed by atoms with Crippen LogP contribution in [0.15, 0.2) is 12.2 Å². The van der Waals surface area contributed by atoms with E-state index < -0.39 is 83.8 Å². The second kappa shape index (κ2) is 33.0. The van der Waals surface area contributed by atoms with Crippen LogP contribution in [0.3, 0.4) is 0 Å². The molecule has 1 spiro atoms. The number of esters is 2. The molecule has 4 unspecified atom stereocenters. The van der Waals surface area contributed by atoms with Crippen molar-refractivity contribution >= 4 is 11.9 Å². The summed E-state index contributed by atoms with van der Waals surface area (Å²) in [7, 11) is 0. The van der Waals surface area contributed by atoms with Crippen LogP contribution in [0.25, 0.3) is 0 Å². The molecule has 0 aromatic heterocycles. The van der Waals surface area contributed by atoms with Crippen LogP contribution >= 0.6 is 0 Å². The molecule has 0 aromatic rings. The molecule has 0 saturated carbocycles. The minimum absolute atomic E-state index is 0.00176. The van der Waals surface area contributed by atoms with Gasteiger partial charge in [0.15, 0.2) is 42.3 Å². The minimum Gasteiger partial charge on any atom is -0.854 e. The molecule has 102 heavy (non-hydrogen) atoms. The van der Waals surface area contributed by atoms with Crippen LogP contribution in [0, 0.1) is 105 Å². The molecule has 0 aromatic carbocycles. The van der Waals surface area contributed by atoms with Gasteiger partial charge in [-0.05, 0) is 171 Å². The molecule has 33 atom stereocenters. The van der Waals surface area contributed by atoms with Crippen molar-refractivity contribution in [2.75, 3.05) is 13.2 Å². The van der Waals surface area contributed by atoms with E-state index in [-0.39, 0.29) is 149 Å². The third-order valence-corrected chi connectivity index (χ3v) is 27.2. The van der Waals surface area contributed by atoms with E-state index in [2.05, 4.69) is 159 Å². The fraction of sp³-hybridized carbons (Fsp3) is 0.952. The normalized spacial score (nSPS) is 48.4. The Labute approximate surface area is 618 Å². The van der Waals surface area contributed by atoms with Crippen LogP contribution in [0.2, 0.25) is 0 Å². The number of epoxide rings is 1. The summed E-state index contributed by atoms with van der Waals surface area (Å²) in [5.74, 6) is -2.62. The molecular weight excluding hydrogens is 1300 g/mol. The van der Waals surface area contributed by atoms with E-state index in [1.165, 1.54) is 0 Å². The van der Waals surface area contributed by atoms with E-state index >= 15 is 0 Å². The zero-order chi connectivity index (χ0) is 76.4. The van der Waals surface area contributed by atoms with Crippen molar-refractivity contribution in [1.29, 1.82) is 0 Å². The molecule has 0 amide bonds. The fourth-order valence-electron chi connectivity index (χ4n) is 20.1. The maximum absolute atomic E-state index is 14.5. The average Bonchev–Trinajstić information content (AvgIpc) is 1.54. The molecule has 18 heteroatoms. The van der Waals surface area contributed by atoms with E-state index in [1.807, 2.05) is 62.3 Å². The van der Waals surface area contributed by atoms with Crippen molar-refractivity contribution < 1.29 is 85.7 Å². The van der Waals surface area contributed by atoms with Gasteiger partial charge in [0.2, 0.25) is 0 Å². The summed E-state index contributed by atoms with van der Waals surface area (Å²) in [4.78, 5) is 28.9. The molecular formula is C84H147O18-. The molecule has 0 aliphatic carbocycles. The Morgan fingerprint density at radius 3 is 1.33 bits per heavy atom. The topological polar surface area (TPSA) is 199 Å². The van der Waals surface area contributed by atoms with Crippen molar-refractivity contribution in [1.82, 2.24) is 0 Å². The minimum atomic E-state index is -0.856. The first kappa shape index (κ1) is 85.7. The van der Waals surface area contributed by atoms with E-state index in [0.717, 1.165) is 31.3 Å². The third-order valence-electron chi connectivity index (χ3n) is 27.2. The second-order valence-corrected chi connectivity index (χ2v) is 38.4. The highest BCUT2D eigenvalue weighted by molar-refractivity contribution is 5.73. The standard InChI is InChI=1S/C42H73O10.C42H74O8/c1-16-31-42(21-45-42)36-25(5)33(51-41(14,15)52-36)22(2)18-40(12,13)35(50-38-24(4)30(20-43)17-23(3)46-38)26(6)34(27(7)37(44)48-31)49-32-19-39(10,11)28(8)29(9)47-32;1-18-32-26(6)36-27(7)34(49-42(16,17)50-36)23(3)20-41(14,15)37(48-39-25(5)22(2)19-24(4)44-39)28(8)35(29(9)38(43)46-32)47-33-21-40(12,13)30(10)31(11)45-33/h22-36,38H,16-21H2,1-15H3;22-25,27-37,39H,6,18-21H2,1-5,7-17H3/q-1;/t22-,23-,24-,25+,26+,27-,28+,29+,30-,31-,32?,33+,34+,35-,36-,38?,42-;22-,23+,24+,25+,27-,28-,29+,30-,31-,32+,33?,34-,35-,36-,37+,39?/m10/s1. The summed E-state index contributed by atoms with van der Waals surface area (Å²) in [5.41, 5.74) is -0.793. The Hall–Kier alpha value is -1.88. The first-order valence-electron chi connectivity index (χ1n) is 40.3. The largest absolute Gasteiger partial charge is 0.854 e. The Morgan fingerprint density at radius 2 is 0.902 bits per heavy atom. The highest BCUT2D eigenvalue weighted by Crippen LogP contribution is 2.54. The van der Waals surface area contributed by atoms with Gasteiger partial charge in [0.25, 0.3) is 0 Å². The first-order chi connectivity index (χ1) is 47.1. The van der Waals surface area contributed by atoms with Crippen LogP contribution < -0.4 is 5.11 Å². The lowest BCUT2D eigenvalue weighted by atomic mass is 9.68. The second-order valence-electron chi connectivity index (χ2n) is 38.4. The number of cyclic esters (lactones) is 2. The zero-order valence-corrected chi connectivity index (χ0v) is 69.6. The van der Waals surface area contributed by atoms with Crippen LogP contribution in [0.5, 0.6) is 0 Å². The predicted molar refractivity (Wildman–Crippen MR) is 393 cm³/mol. The SMILES string of the molecule is C=C1[C@@H](CC)OC(=O)[C@H](C)[C@@H](OC2CC(C)(C)[C@@H](C)[C@H](C)O2)[C@H](C)[C@@H](OC2O[C@H](C)C[C@H](C)[C@H]2C)C(C)(C)C[C@@H](C)[C@@H]2OC(C)(C)O[C@@H]1[C@H]2C.CC[C@H]1OC(=O)[C@H](C)[C@@H](OC2CC(C)(C)[C@@H](C)[C@H](C)O2)[C@H](C)[C@@H](OC2O[C@H](C)C[C@H](C[O-])[C@H]2C)C(C)(C)C[C@@H](C)[C@@H]2OC(C)(C)O[C@H]([C@H]2C)[C@@]12CO2. The lowest BCUT2D eigenvalue weighted by Gasteiger charge is -2.52. The summed E-state index contributed by atoms with van der Waals surface area (Å²) < 4.78 is 101. The van der Waals surface area contributed by atoms with Gasteiger partial charge in [-0.2, -0.15) is 0 Å². The van der Waals surface area contributed by atoms with Gasteiger partial charge >= 0.3 is 11.9 Å². The number of fused-ring (bicyclic) bond motifs is 5. The molecule has 9 aliphatic heterocycles. The molecule has 18 nitrogen and oxygen atoms in total. The number of rotatable bonds is 11. The van der Waals surface area contributed by atoms with Gasteiger partial charge in [-0.3, -0.25) is 9.59 Å². The summed E-state index contributed by atoms with van der Waals surface area (Å²) in [6.07, 6.45) is 0.147. The maximum atomic E-state index is 14.5. The number of carbonyl (C=O) groups is 2. The molecule has 592 valence electrons. The number of carbonyl (C=O) groups excluding carboxylic acids is 2. The van der Waals surface area contributed by atoms with E-state index in [0.29, 0.717) is 50.0 Å². The van der Waals surface area contributed by atoms with Gasteiger partial charge in [0.05, 0.1) is 85.6 Å². The average molecular weight is 1450 g/mol. The molecule has 9 saturated heterocycles. The Balaban J connectivity index is 0.000000259. The Kier molecular flexibility index (Phi) is 27.7. The lowest BCUT2D eigenvalue weighted by molar-refractivity contribution is -0.394. The summed E-state index contributed by atoms with van der Waals surface area (Å²) in [5, 5.41) is 12.3. The monoisotopic (exact) mass is 1440 g/mol. The first-order valence-corrected chi connectivity index (χ1v) is 40.3. The fourth-order valence-corrected chi connectivity index (χ4v) is 20.1. The summed E-state index contributed by atoms with van der Waals surface area (Å²) >= 11 is 0. The quantitative estimate of drug-likeness (QED) is 0.107. The van der Waals surface area contributed by atoms with Crippen molar-refractivity contribution in [2.24, 2.45) is 105 Å². The van der Waals surface area contributed by atoms with Gasteiger partial charge in [-0.15, -0.1) is 6.61 Å². The number of hydrogen-bond acceptors (Lipinski definition) is 18. The zero-order valence-electron chi connectivity index (χ0n) is 69.6. The third kappa shape index (κ3) is 18.9. The van der Waals surface area contributed by atoms with Crippen LogP contribution in [0.1, 0.15) is 266 Å². The van der Waals surface area contributed by atoms with Gasteiger partial charge in [0.1, 0.15) is 18.3 Å². The molecule has 9 fully saturated rings. The smallest absolute Gasteiger partial charge is 0.311 e. The molecule has 0 N–H and O–H groups in total. The van der Waals surface area contributed by atoms with Crippen molar-refractivity contribution in [3.63, 3.8) is 0 Å². The Morgan fingerprint density at radius 1 is 0.471 bits per heavy atom. The number of hydrogen-bond donors (Lipinski definition) is 0. The van der Waals surface area contributed by atoms with Gasteiger partial charge in [-0.25, -0.2) is 0 Å². The van der Waals surface area contributed by atoms with Crippen LogP contribution in [-0.4, -0.2) is 153 Å². The van der Waals surface area contributed by atoms with E-state index in [9.17, 15) is 14.7 Å². The van der Waals surface area contributed by atoms with Gasteiger partial charge in [0, 0.05) is 48.3 Å². The summed E-state index contributed by atoms with van der Waals surface area (Å²) in [6, 6.07) is 0. The Bertz CT molecular complexity index is 2740. The summed E-state index contributed by atoms with van der Waals surface area (Å²) in [6.45, 7) is 71.4. The van der Waals surface area contributed by atoms with Crippen LogP contribution in [-0.2, 0) is 80.6 Å². The highest BCUT2D eigenvalue weighted by Gasteiger charge is 2.66. The van der Waals surface area contributed by atoms with Crippen molar-refractivity contribution in [3.8, 4) is 0 Å². The lowest BCUT2D eigenvalue weighted by Crippen LogP contribution is -2.61.